The van der Waals surface area contributed by atoms with Crippen LogP contribution in [0.5, 0.6) is 0 Å². The average molecular weight is 445 g/mol. The van der Waals surface area contributed by atoms with Gasteiger partial charge in [0.2, 0.25) is 5.91 Å². The normalized spacial score (nSPS) is 16.7. The molecule has 1 saturated heterocycles. The number of benzene rings is 2. The van der Waals surface area contributed by atoms with Crippen molar-refractivity contribution in [1.82, 2.24) is 19.6 Å². The van der Waals surface area contributed by atoms with Crippen molar-refractivity contribution in [1.29, 1.82) is 0 Å². The predicted molar refractivity (Wildman–Crippen MR) is 130 cm³/mol. The lowest BCUT2D eigenvalue weighted by molar-refractivity contribution is -0.134. The zero-order chi connectivity index (χ0) is 23.4. The Morgan fingerprint density at radius 1 is 1.06 bits per heavy atom. The van der Waals surface area contributed by atoms with Crippen LogP contribution in [0.1, 0.15) is 35.0 Å². The number of hydrogen-bond acceptors (Lipinski definition) is 3. The molecule has 33 heavy (non-hydrogen) atoms. The molecule has 1 aliphatic rings. The molecule has 0 radical (unpaired) electrons. The highest BCUT2D eigenvalue weighted by molar-refractivity contribution is 5.93. The van der Waals surface area contributed by atoms with E-state index in [1.54, 1.807) is 24.0 Å². The van der Waals surface area contributed by atoms with Gasteiger partial charge < -0.3 is 9.80 Å². The molecule has 3 aromatic rings. The lowest BCUT2D eigenvalue weighted by Crippen LogP contribution is -2.38. The maximum absolute atomic E-state index is 13.5. The molecule has 4 rings (SSSR count). The molecule has 0 N–H and O–H groups in total. The monoisotopic (exact) mass is 444 g/mol. The summed E-state index contributed by atoms with van der Waals surface area (Å²) in [6.07, 6.45) is 3.13. The Bertz CT molecular complexity index is 1120. The Kier molecular flexibility index (Phi) is 6.92. The molecule has 0 unspecified atom stereocenters. The molecule has 0 aliphatic carbocycles. The summed E-state index contributed by atoms with van der Waals surface area (Å²) in [5.41, 5.74) is 5.18. The first-order valence-corrected chi connectivity index (χ1v) is 11.7. The van der Waals surface area contributed by atoms with Gasteiger partial charge in [-0.1, -0.05) is 61.0 Å². The average Bonchev–Trinajstić information content (AvgIpc) is 3.19. The summed E-state index contributed by atoms with van der Waals surface area (Å²) in [6.45, 7) is 6.38. The number of aryl methyl sites for hydroxylation is 2. The largest absolute Gasteiger partial charge is 0.341 e. The molecule has 2 aromatic carbocycles. The van der Waals surface area contributed by atoms with Crippen LogP contribution >= 0.6 is 0 Å². The van der Waals surface area contributed by atoms with Gasteiger partial charge in [0, 0.05) is 39.4 Å². The molecule has 6 nitrogen and oxygen atoms in total. The third-order valence-electron chi connectivity index (χ3n) is 6.41. The lowest BCUT2D eigenvalue weighted by Gasteiger charge is -2.24. The van der Waals surface area contributed by atoms with Gasteiger partial charge in [-0.25, -0.2) is 0 Å². The van der Waals surface area contributed by atoms with E-state index in [0.717, 1.165) is 23.1 Å². The SMILES string of the molecule is CCCN1CCN(C(=O)c2ccnn2C)C[C@H](Cc2ccccc2-c2ccc(C)cc2)C1=O. The molecular weight excluding hydrogens is 412 g/mol. The van der Waals surface area contributed by atoms with Crippen LogP contribution in [0.15, 0.2) is 60.8 Å². The van der Waals surface area contributed by atoms with Crippen molar-refractivity contribution < 1.29 is 9.59 Å². The second-order valence-electron chi connectivity index (χ2n) is 8.84. The Morgan fingerprint density at radius 2 is 1.82 bits per heavy atom. The standard InChI is InChI=1S/C27H32N4O2/c1-4-15-30-16-17-31(27(33)25-13-14-28-29(25)3)19-23(26(30)32)18-22-7-5-6-8-24(22)21-11-9-20(2)10-12-21/h5-14,23H,4,15-19H2,1-3H3/t23-/m0/s1. The number of carbonyl (C=O) groups excluding carboxylic acids is 2. The van der Waals surface area contributed by atoms with Crippen LogP contribution in [-0.2, 0) is 18.3 Å². The minimum atomic E-state index is -0.289. The fourth-order valence-electron chi connectivity index (χ4n) is 4.60. The van der Waals surface area contributed by atoms with Crippen molar-refractivity contribution in [2.24, 2.45) is 13.0 Å². The molecule has 2 heterocycles. The first kappa shape index (κ1) is 22.8. The summed E-state index contributed by atoms with van der Waals surface area (Å²) in [5.74, 6) is -0.225. The maximum atomic E-state index is 13.5. The van der Waals surface area contributed by atoms with Crippen molar-refractivity contribution in [3.63, 3.8) is 0 Å². The minimum absolute atomic E-state index is 0.0713. The molecular formula is C27H32N4O2. The second-order valence-corrected chi connectivity index (χ2v) is 8.84. The van der Waals surface area contributed by atoms with Crippen LogP contribution < -0.4 is 0 Å². The van der Waals surface area contributed by atoms with Crippen LogP contribution in [0, 0.1) is 12.8 Å². The van der Waals surface area contributed by atoms with Crippen molar-refractivity contribution >= 4 is 11.8 Å². The molecule has 1 aliphatic heterocycles. The van der Waals surface area contributed by atoms with Gasteiger partial charge in [0.15, 0.2) is 0 Å². The summed E-state index contributed by atoms with van der Waals surface area (Å²) in [5, 5.41) is 4.15. The number of hydrogen-bond donors (Lipinski definition) is 0. The van der Waals surface area contributed by atoms with Gasteiger partial charge in [-0.05, 0) is 42.5 Å². The third-order valence-corrected chi connectivity index (χ3v) is 6.41. The highest BCUT2D eigenvalue weighted by Gasteiger charge is 2.33. The maximum Gasteiger partial charge on any atom is 0.272 e. The van der Waals surface area contributed by atoms with E-state index >= 15 is 0 Å². The zero-order valence-corrected chi connectivity index (χ0v) is 19.7. The van der Waals surface area contributed by atoms with Crippen molar-refractivity contribution in [3.05, 3.63) is 77.6 Å². The smallest absolute Gasteiger partial charge is 0.272 e. The molecule has 1 aromatic heterocycles. The topological polar surface area (TPSA) is 58.4 Å². The summed E-state index contributed by atoms with van der Waals surface area (Å²) >= 11 is 0. The minimum Gasteiger partial charge on any atom is -0.341 e. The van der Waals surface area contributed by atoms with E-state index in [4.69, 9.17) is 0 Å². The summed E-state index contributed by atoms with van der Waals surface area (Å²) in [7, 11) is 1.77. The molecule has 2 amide bonds. The Hall–Kier alpha value is -3.41. The van der Waals surface area contributed by atoms with E-state index < -0.39 is 0 Å². The first-order chi connectivity index (χ1) is 16.0. The van der Waals surface area contributed by atoms with Gasteiger partial charge in [0.1, 0.15) is 5.69 Å². The molecule has 1 fully saturated rings. The number of rotatable bonds is 6. The zero-order valence-electron chi connectivity index (χ0n) is 19.7. The second kappa shape index (κ2) is 10.0. The van der Waals surface area contributed by atoms with E-state index in [1.165, 1.54) is 5.56 Å². The van der Waals surface area contributed by atoms with Gasteiger partial charge in [-0.3, -0.25) is 14.3 Å². The third kappa shape index (κ3) is 5.00. The molecule has 0 saturated carbocycles. The van der Waals surface area contributed by atoms with Gasteiger partial charge in [-0.2, -0.15) is 5.10 Å². The summed E-state index contributed by atoms with van der Waals surface area (Å²) < 4.78 is 1.60. The van der Waals surface area contributed by atoms with Gasteiger partial charge in [0.05, 0.1) is 5.92 Å². The molecule has 1 atom stereocenters. The quantitative estimate of drug-likeness (QED) is 0.579. The number of amides is 2. The fourth-order valence-corrected chi connectivity index (χ4v) is 4.60. The number of aromatic nitrogens is 2. The molecule has 0 bridgehead atoms. The molecule has 172 valence electrons. The Labute approximate surface area is 195 Å². The van der Waals surface area contributed by atoms with Crippen molar-refractivity contribution in [2.75, 3.05) is 26.2 Å². The number of carbonyl (C=O) groups is 2. The van der Waals surface area contributed by atoms with Crippen molar-refractivity contribution in [2.45, 2.75) is 26.7 Å². The fraction of sp³-hybridized carbons (Fsp3) is 0.370. The van der Waals surface area contributed by atoms with Crippen LogP contribution in [0.3, 0.4) is 0 Å². The highest BCUT2D eigenvalue weighted by Crippen LogP contribution is 2.28. The first-order valence-electron chi connectivity index (χ1n) is 11.7. The summed E-state index contributed by atoms with van der Waals surface area (Å²) in [4.78, 5) is 30.5. The predicted octanol–water partition coefficient (Wildman–Crippen LogP) is 3.95. The highest BCUT2D eigenvalue weighted by atomic mass is 16.2. The van der Waals surface area contributed by atoms with Gasteiger partial charge in [-0.15, -0.1) is 0 Å². The van der Waals surface area contributed by atoms with E-state index in [0.29, 0.717) is 38.3 Å². The van der Waals surface area contributed by atoms with Crippen molar-refractivity contribution in [3.8, 4) is 11.1 Å². The van der Waals surface area contributed by atoms with Crippen LogP contribution in [0.25, 0.3) is 11.1 Å². The van der Waals surface area contributed by atoms with E-state index in [2.05, 4.69) is 55.3 Å². The van der Waals surface area contributed by atoms with E-state index in [1.807, 2.05) is 21.9 Å². The van der Waals surface area contributed by atoms with E-state index in [-0.39, 0.29) is 17.7 Å². The lowest BCUT2D eigenvalue weighted by atomic mass is 9.91. The molecule has 0 spiro atoms. The Morgan fingerprint density at radius 3 is 2.52 bits per heavy atom. The van der Waals surface area contributed by atoms with E-state index in [9.17, 15) is 9.59 Å². The Balaban J connectivity index is 1.64. The van der Waals surface area contributed by atoms with Gasteiger partial charge in [0.25, 0.3) is 5.91 Å². The van der Waals surface area contributed by atoms with Crippen LogP contribution in [-0.4, -0.2) is 57.6 Å². The van der Waals surface area contributed by atoms with Gasteiger partial charge >= 0.3 is 0 Å². The number of nitrogens with zero attached hydrogens (tertiary/aromatic N) is 4. The van der Waals surface area contributed by atoms with Crippen LogP contribution in [0.2, 0.25) is 0 Å². The molecule has 6 heteroatoms. The summed E-state index contributed by atoms with van der Waals surface area (Å²) in [6, 6.07) is 18.5. The van der Waals surface area contributed by atoms with Crippen LogP contribution in [0.4, 0.5) is 0 Å².